The molecule has 26 heavy (non-hydrogen) atoms. The van der Waals surface area contributed by atoms with Gasteiger partial charge in [0.05, 0.1) is 10.5 Å². The third-order valence-corrected chi connectivity index (χ3v) is 5.71. The van der Waals surface area contributed by atoms with Crippen LogP contribution in [0.2, 0.25) is 0 Å². The van der Waals surface area contributed by atoms with Crippen LogP contribution in [0.15, 0.2) is 64.4 Å². The number of hydrogen-bond donors (Lipinski definition) is 1. The van der Waals surface area contributed by atoms with Crippen LogP contribution in [0.5, 0.6) is 0 Å². The maximum atomic E-state index is 12.6. The minimum absolute atomic E-state index is 0.0195. The third kappa shape index (κ3) is 4.29. The minimum atomic E-state index is -4.51. The largest absolute Gasteiger partial charge is 0.416 e. The van der Waals surface area contributed by atoms with E-state index in [0.717, 1.165) is 35.4 Å². The lowest BCUT2D eigenvalue weighted by atomic mass is 10.1. The number of benzene rings is 1. The van der Waals surface area contributed by atoms with E-state index in [-0.39, 0.29) is 11.4 Å². The van der Waals surface area contributed by atoms with Gasteiger partial charge in [-0.15, -0.1) is 0 Å². The van der Waals surface area contributed by atoms with Crippen LogP contribution in [-0.4, -0.2) is 13.4 Å². The molecular formula is C17H13F3N2O2S2. The fourth-order valence-corrected chi connectivity index (χ4v) is 3.94. The maximum absolute atomic E-state index is 12.6. The summed E-state index contributed by atoms with van der Waals surface area (Å²) in [5, 5.41) is 3.88. The molecule has 3 aromatic rings. The molecule has 3 rings (SSSR count). The van der Waals surface area contributed by atoms with E-state index in [4.69, 9.17) is 0 Å². The van der Waals surface area contributed by atoms with Gasteiger partial charge in [0, 0.05) is 24.5 Å². The molecule has 1 N–H and O–H groups in total. The quantitative estimate of drug-likeness (QED) is 0.697. The molecule has 0 aliphatic heterocycles. The van der Waals surface area contributed by atoms with Crippen molar-refractivity contribution in [3.8, 4) is 11.1 Å². The Labute approximate surface area is 152 Å². The lowest BCUT2D eigenvalue weighted by molar-refractivity contribution is -0.137. The molecule has 0 radical (unpaired) electrons. The van der Waals surface area contributed by atoms with Crippen LogP contribution in [0.25, 0.3) is 11.1 Å². The number of nitrogens with one attached hydrogen (secondary N) is 1. The van der Waals surface area contributed by atoms with Gasteiger partial charge in [0.2, 0.25) is 10.0 Å². The number of pyridine rings is 1. The van der Waals surface area contributed by atoms with Gasteiger partial charge >= 0.3 is 6.18 Å². The van der Waals surface area contributed by atoms with Crippen molar-refractivity contribution in [2.75, 3.05) is 0 Å². The van der Waals surface area contributed by atoms with Crippen LogP contribution in [0.4, 0.5) is 13.2 Å². The zero-order chi connectivity index (χ0) is 18.8. The van der Waals surface area contributed by atoms with Crippen LogP contribution in [0.1, 0.15) is 11.1 Å². The summed E-state index contributed by atoms with van der Waals surface area (Å²) in [4.78, 5) is 3.87. The molecule has 0 fully saturated rings. The van der Waals surface area contributed by atoms with Gasteiger partial charge in [-0.25, -0.2) is 13.1 Å². The van der Waals surface area contributed by atoms with Gasteiger partial charge in [-0.3, -0.25) is 4.98 Å². The molecule has 136 valence electrons. The second-order valence-corrected chi connectivity index (χ2v) is 7.99. The summed E-state index contributed by atoms with van der Waals surface area (Å²) in [7, 11) is -3.93. The number of halogens is 3. The second-order valence-electron chi connectivity index (χ2n) is 5.44. The van der Waals surface area contributed by atoms with E-state index in [1.807, 2.05) is 22.9 Å². The number of rotatable bonds is 5. The number of sulfonamides is 1. The van der Waals surface area contributed by atoms with E-state index in [1.165, 1.54) is 17.5 Å². The predicted molar refractivity (Wildman–Crippen MR) is 93.0 cm³/mol. The van der Waals surface area contributed by atoms with Crippen LogP contribution in [0.3, 0.4) is 0 Å². The van der Waals surface area contributed by atoms with E-state index < -0.39 is 21.8 Å². The van der Waals surface area contributed by atoms with Crippen molar-refractivity contribution < 1.29 is 21.6 Å². The molecule has 4 nitrogen and oxygen atoms in total. The average Bonchev–Trinajstić information content (AvgIpc) is 3.14. The van der Waals surface area contributed by atoms with E-state index in [2.05, 4.69) is 9.71 Å². The molecule has 0 unspecified atom stereocenters. The number of aromatic nitrogens is 1. The molecule has 2 aromatic heterocycles. The Bertz CT molecular complexity index is 984. The molecule has 0 amide bonds. The van der Waals surface area contributed by atoms with Crippen LogP contribution in [-0.2, 0) is 22.7 Å². The second kappa shape index (κ2) is 7.18. The van der Waals surface area contributed by atoms with Gasteiger partial charge < -0.3 is 0 Å². The van der Waals surface area contributed by atoms with Crippen molar-refractivity contribution in [2.24, 2.45) is 0 Å². The Balaban J connectivity index is 1.73. The van der Waals surface area contributed by atoms with Crippen molar-refractivity contribution in [1.29, 1.82) is 0 Å². The normalized spacial score (nSPS) is 12.3. The van der Waals surface area contributed by atoms with Crippen molar-refractivity contribution in [3.63, 3.8) is 0 Å². The van der Waals surface area contributed by atoms with Gasteiger partial charge in [-0.05, 0) is 58.3 Å². The summed E-state index contributed by atoms with van der Waals surface area (Å²) in [6, 6.07) is 7.10. The first kappa shape index (κ1) is 18.6. The summed E-state index contributed by atoms with van der Waals surface area (Å²) in [6.07, 6.45) is -1.30. The Morgan fingerprint density at radius 1 is 1.04 bits per heavy atom. The first-order valence-electron chi connectivity index (χ1n) is 7.39. The summed E-state index contributed by atoms with van der Waals surface area (Å²) in [5.74, 6) is 0. The first-order valence-corrected chi connectivity index (χ1v) is 9.82. The Kier molecular flexibility index (Phi) is 5.12. The number of hydrogen-bond acceptors (Lipinski definition) is 4. The summed E-state index contributed by atoms with van der Waals surface area (Å²) in [5.41, 5.74) is 1.58. The summed E-state index contributed by atoms with van der Waals surface area (Å²) in [6.45, 7) is -0.0195. The molecule has 9 heteroatoms. The Morgan fingerprint density at radius 3 is 2.38 bits per heavy atom. The monoisotopic (exact) mass is 398 g/mol. The molecule has 1 aromatic carbocycles. The van der Waals surface area contributed by atoms with Gasteiger partial charge in [0.15, 0.2) is 0 Å². The minimum Gasteiger partial charge on any atom is -0.264 e. The fourth-order valence-electron chi connectivity index (χ4n) is 2.26. The van der Waals surface area contributed by atoms with Gasteiger partial charge in [0.25, 0.3) is 0 Å². The van der Waals surface area contributed by atoms with Gasteiger partial charge in [-0.1, -0.05) is 0 Å². The summed E-state index contributed by atoms with van der Waals surface area (Å²) < 4.78 is 64.6. The highest BCUT2D eigenvalue weighted by Crippen LogP contribution is 2.29. The van der Waals surface area contributed by atoms with Crippen molar-refractivity contribution >= 4 is 21.4 Å². The van der Waals surface area contributed by atoms with Crippen LogP contribution < -0.4 is 4.72 Å². The predicted octanol–water partition coefficient (Wildman–Crippen LogP) is 4.31. The molecule has 0 atom stereocenters. The van der Waals surface area contributed by atoms with E-state index >= 15 is 0 Å². The van der Waals surface area contributed by atoms with E-state index in [9.17, 15) is 21.6 Å². The fraction of sp³-hybridized carbons (Fsp3) is 0.118. The van der Waals surface area contributed by atoms with Crippen molar-refractivity contribution in [3.05, 3.63) is 70.7 Å². The molecule has 0 aliphatic rings. The highest BCUT2D eigenvalue weighted by molar-refractivity contribution is 7.89. The van der Waals surface area contributed by atoms with E-state index in [0.29, 0.717) is 5.56 Å². The zero-order valence-electron chi connectivity index (χ0n) is 13.2. The van der Waals surface area contributed by atoms with Crippen LogP contribution in [0, 0.1) is 0 Å². The molecule has 0 aliphatic carbocycles. The molecule has 0 spiro atoms. The molecule has 0 saturated heterocycles. The number of nitrogens with zero attached hydrogens (tertiary/aromatic N) is 1. The summed E-state index contributed by atoms with van der Waals surface area (Å²) >= 11 is 1.54. The standard InChI is InChI=1S/C17H13F3N2O2S2/c18-17(19,20)15-1-3-16(4-2-15)26(23,24)22-9-12-7-14(10-21-8-12)13-5-6-25-11-13/h1-8,10-11,22H,9H2. The average molecular weight is 398 g/mol. The maximum Gasteiger partial charge on any atom is 0.416 e. The highest BCUT2D eigenvalue weighted by Gasteiger charge is 2.30. The van der Waals surface area contributed by atoms with Gasteiger partial charge in [0.1, 0.15) is 0 Å². The van der Waals surface area contributed by atoms with Crippen molar-refractivity contribution in [2.45, 2.75) is 17.6 Å². The van der Waals surface area contributed by atoms with Crippen LogP contribution >= 0.6 is 11.3 Å². The molecule has 0 saturated carbocycles. The molecule has 2 heterocycles. The number of alkyl halides is 3. The topological polar surface area (TPSA) is 59.1 Å². The third-order valence-electron chi connectivity index (χ3n) is 3.61. The first-order chi connectivity index (χ1) is 12.3. The van der Waals surface area contributed by atoms with Gasteiger partial charge in [-0.2, -0.15) is 24.5 Å². The lowest BCUT2D eigenvalue weighted by Crippen LogP contribution is -2.23. The smallest absolute Gasteiger partial charge is 0.264 e. The lowest BCUT2D eigenvalue weighted by Gasteiger charge is -2.10. The Hall–Kier alpha value is -2.23. The highest BCUT2D eigenvalue weighted by atomic mass is 32.2. The number of thiophene rings is 1. The SMILES string of the molecule is O=S(=O)(NCc1cncc(-c2ccsc2)c1)c1ccc(C(F)(F)F)cc1. The van der Waals surface area contributed by atoms with Crippen molar-refractivity contribution in [1.82, 2.24) is 9.71 Å². The zero-order valence-corrected chi connectivity index (χ0v) is 14.8. The molecule has 0 bridgehead atoms. The molecular weight excluding hydrogens is 385 g/mol. The Morgan fingerprint density at radius 2 is 1.77 bits per heavy atom. The van der Waals surface area contributed by atoms with E-state index in [1.54, 1.807) is 6.20 Å².